The van der Waals surface area contributed by atoms with Gasteiger partial charge in [-0.05, 0) is 0 Å². The Labute approximate surface area is 152 Å². The molecule has 0 saturated heterocycles. The predicted octanol–water partition coefficient (Wildman–Crippen LogP) is 7.28. The van der Waals surface area contributed by atoms with E-state index in [1.54, 1.807) is 0 Å². The van der Waals surface area contributed by atoms with Gasteiger partial charge in [0.15, 0.2) is 0 Å². The smallest absolute Gasteiger partial charge is 0 e. The minimum absolute atomic E-state index is 0. The Bertz CT molecular complexity index is 129. The van der Waals surface area contributed by atoms with Gasteiger partial charge in [-0.15, -0.1) is 0 Å². The topological polar surface area (TPSA) is 0 Å². The fourth-order valence-electron chi connectivity index (χ4n) is 2.80. The number of hydrogen-bond donors (Lipinski definition) is 0. The first kappa shape index (κ1) is 23.3. The van der Waals surface area contributed by atoms with E-state index in [-0.39, 0.29) is 29.6 Å². The van der Waals surface area contributed by atoms with Gasteiger partial charge in [0.25, 0.3) is 0 Å². The summed E-state index contributed by atoms with van der Waals surface area (Å²) in [6, 6.07) is 0. The monoisotopic (exact) mass is 291 g/mol. The van der Waals surface area contributed by atoms with E-state index in [4.69, 9.17) is 0 Å². The zero-order chi connectivity index (χ0) is 14.0. The summed E-state index contributed by atoms with van der Waals surface area (Å²) in [5.41, 5.74) is 0. The molecule has 117 valence electrons. The predicted molar refractivity (Wildman–Crippen MR) is 95.6 cm³/mol. The molecule has 0 fully saturated rings. The Morgan fingerprint density at radius 3 is 0.600 bits per heavy atom. The van der Waals surface area contributed by atoms with Crippen LogP contribution >= 0.6 is 0 Å². The number of hydrogen-bond acceptors (Lipinski definition) is 0. The Balaban J connectivity index is 0. The van der Waals surface area contributed by atoms with E-state index >= 15 is 0 Å². The Morgan fingerprint density at radius 2 is 0.450 bits per heavy atom. The van der Waals surface area contributed by atoms with Crippen molar-refractivity contribution < 1.29 is 0 Å². The van der Waals surface area contributed by atoms with Gasteiger partial charge in [-0.3, -0.25) is 0 Å². The van der Waals surface area contributed by atoms with Crippen LogP contribution in [0.5, 0.6) is 0 Å². The molecule has 0 rings (SSSR count). The van der Waals surface area contributed by atoms with Crippen LogP contribution < -0.4 is 0 Å². The van der Waals surface area contributed by atoms with Gasteiger partial charge in [-0.25, -0.2) is 0 Å². The molecular formula is C19H40Na. The molecule has 0 aromatic heterocycles. The number of unbranched alkanes of at least 4 members (excludes halogenated alkanes) is 16. The maximum absolute atomic E-state index is 2.30. The van der Waals surface area contributed by atoms with Crippen molar-refractivity contribution in [2.24, 2.45) is 0 Å². The molecule has 0 unspecified atom stereocenters. The molecule has 0 nitrogen and oxygen atoms in total. The SMILES string of the molecule is CCCCCCCCCCCCCCCCCCC.[Na]. The van der Waals surface area contributed by atoms with Crippen molar-refractivity contribution in [3.05, 3.63) is 0 Å². The Hall–Kier alpha value is 1.00. The third-order valence-electron chi connectivity index (χ3n) is 4.21. The maximum Gasteiger partial charge on any atom is 0 e. The van der Waals surface area contributed by atoms with E-state index in [1.165, 1.54) is 109 Å². The summed E-state index contributed by atoms with van der Waals surface area (Å²) in [5, 5.41) is 0. The first-order valence-electron chi connectivity index (χ1n) is 9.41. The van der Waals surface area contributed by atoms with Crippen LogP contribution in [-0.2, 0) is 0 Å². The molecule has 0 aliphatic heterocycles. The molecule has 0 N–H and O–H groups in total. The largest absolute Gasteiger partial charge is 0.0654 e. The second kappa shape index (κ2) is 22.3. The minimum Gasteiger partial charge on any atom is -0.0654 e. The van der Waals surface area contributed by atoms with Gasteiger partial charge in [0.05, 0.1) is 0 Å². The van der Waals surface area contributed by atoms with Crippen LogP contribution in [0, 0.1) is 0 Å². The zero-order valence-corrected chi connectivity index (χ0v) is 17.0. The van der Waals surface area contributed by atoms with Crippen LogP contribution in [0.25, 0.3) is 0 Å². The molecule has 1 heteroatoms. The first-order valence-corrected chi connectivity index (χ1v) is 9.41. The molecule has 20 heavy (non-hydrogen) atoms. The van der Waals surface area contributed by atoms with Crippen molar-refractivity contribution in [1.29, 1.82) is 0 Å². The summed E-state index contributed by atoms with van der Waals surface area (Å²) in [5.74, 6) is 0. The quantitative estimate of drug-likeness (QED) is 0.207. The fourth-order valence-corrected chi connectivity index (χ4v) is 2.80. The minimum atomic E-state index is 0. The van der Waals surface area contributed by atoms with Crippen molar-refractivity contribution in [2.45, 2.75) is 123 Å². The van der Waals surface area contributed by atoms with Crippen molar-refractivity contribution in [2.75, 3.05) is 0 Å². The molecular weight excluding hydrogens is 251 g/mol. The molecule has 0 atom stereocenters. The Morgan fingerprint density at radius 1 is 0.300 bits per heavy atom. The second-order valence-electron chi connectivity index (χ2n) is 6.30. The summed E-state index contributed by atoms with van der Waals surface area (Å²) in [6.07, 6.45) is 24.9. The van der Waals surface area contributed by atoms with E-state index in [9.17, 15) is 0 Å². The summed E-state index contributed by atoms with van der Waals surface area (Å²) >= 11 is 0. The van der Waals surface area contributed by atoms with Gasteiger partial charge in [0, 0.05) is 29.6 Å². The van der Waals surface area contributed by atoms with Gasteiger partial charge >= 0.3 is 0 Å². The van der Waals surface area contributed by atoms with E-state index in [2.05, 4.69) is 13.8 Å². The fraction of sp³-hybridized carbons (Fsp3) is 1.00. The maximum atomic E-state index is 2.30. The summed E-state index contributed by atoms with van der Waals surface area (Å²) in [6.45, 7) is 4.59. The van der Waals surface area contributed by atoms with Crippen LogP contribution in [0.3, 0.4) is 0 Å². The molecule has 0 aromatic carbocycles. The van der Waals surface area contributed by atoms with Crippen molar-refractivity contribution in [3.63, 3.8) is 0 Å². The third kappa shape index (κ3) is 21.3. The van der Waals surface area contributed by atoms with E-state index in [0.717, 1.165) is 0 Å². The number of rotatable bonds is 16. The van der Waals surface area contributed by atoms with Crippen LogP contribution in [-0.4, -0.2) is 29.6 Å². The average Bonchev–Trinajstić information content (AvgIpc) is 2.43. The molecule has 0 spiro atoms. The third-order valence-corrected chi connectivity index (χ3v) is 4.21. The van der Waals surface area contributed by atoms with Crippen LogP contribution in [0.1, 0.15) is 123 Å². The average molecular weight is 292 g/mol. The van der Waals surface area contributed by atoms with Crippen LogP contribution in [0.15, 0.2) is 0 Å². The van der Waals surface area contributed by atoms with Crippen molar-refractivity contribution in [3.8, 4) is 0 Å². The van der Waals surface area contributed by atoms with Crippen molar-refractivity contribution in [1.82, 2.24) is 0 Å². The van der Waals surface area contributed by atoms with Gasteiger partial charge in [-0.2, -0.15) is 0 Å². The molecule has 1 radical (unpaired) electrons. The molecule has 0 bridgehead atoms. The van der Waals surface area contributed by atoms with Gasteiger partial charge < -0.3 is 0 Å². The first-order chi connectivity index (χ1) is 9.41. The molecule has 0 saturated carbocycles. The second-order valence-corrected chi connectivity index (χ2v) is 6.30. The van der Waals surface area contributed by atoms with Gasteiger partial charge in [0.1, 0.15) is 0 Å². The normalized spacial score (nSPS) is 10.5. The molecule has 0 aliphatic carbocycles. The Kier molecular flexibility index (Phi) is 25.9. The van der Waals surface area contributed by atoms with Crippen LogP contribution in [0.4, 0.5) is 0 Å². The molecule has 0 aliphatic rings. The van der Waals surface area contributed by atoms with Gasteiger partial charge in [0.2, 0.25) is 0 Å². The summed E-state index contributed by atoms with van der Waals surface area (Å²) < 4.78 is 0. The van der Waals surface area contributed by atoms with Crippen LogP contribution in [0.2, 0.25) is 0 Å². The standard InChI is InChI=1S/C19H40.Na/c1-3-5-7-9-11-13-15-17-19-18-16-14-12-10-8-6-4-2;/h3-19H2,1-2H3;. The zero-order valence-electron chi connectivity index (χ0n) is 15.0. The molecule has 0 amide bonds. The molecule has 0 heterocycles. The van der Waals surface area contributed by atoms with E-state index in [1.807, 2.05) is 0 Å². The summed E-state index contributed by atoms with van der Waals surface area (Å²) in [7, 11) is 0. The van der Waals surface area contributed by atoms with E-state index in [0.29, 0.717) is 0 Å². The van der Waals surface area contributed by atoms with Gasteiger partial charge in [-0.1, -0.05) is 123 Å². The van der Waals surface area contributed by atoms with E-state index < -0.39 is 0 Å². The molecule has 0 aromatic rings. The summed E-state index contributed by atoms with van der Waals surface area (Å²) in [4.78, 5) is 0. The van der Waals surface area contributed by atoms with Crippen molar-refractivity contribution >= 4 is 29.6 Å².